The third kappa shape index (κ3) is 4.53. The predicted molar refractivity (Wildman–Crippen MR) is 195 cm³/mol. The van der Waals surface area contributed by atoms with Gasteiger partial charge < -0.3 is 9.13 Å². The summed E-state index contributed by atoms with van der Waals surface area (Å²) < 4.78 is 4.56. The Kier molecular flexibility index (Phi) is 6.32. The second-order valence-corrected chi connectivity index (χ2v) is 12.0. The number of pyridine rings is 1. The van der Waals surface area contributed by atoms with Crippen LogP contribution in [0.5, 0.6) is 0 Å². The van der Waals surface area contributed by atoms with Gasteiger partial charge in [0.1, 0.15) is 5.82 Å². The van der Waals surface area contributed by atoms with Crippen molar-refractivity contribution in [3.05, 3.63) is 164 Å². The number of hydrogen-bond acceptors (Lipinski definition) is 2. The van der Waals surface area contributed by atoms with Gasteiger partial charge in [-0.2, -0.15) is 0 Å². The van der Waals surface area contributed by atoms with E-state index < -0.39 is 0 Å². The molecule has 0 aliphatic carbocycles. The summed E-state index contributed by atoms with van der Waals surface area (Å²) in [6, 6.07) is 55.9. The molecule has 47 heavy (non-hydrogen) atoms. The average Bonchev–Trinajstić information content (AvgIpc) is 3.66. The van der Waals surface area contributed by atoms with Crippen molar-refractivity contribution < 1.29 is 0 Å². The van der Waals surface area contributed by atoms with Gasteiger partial charge in [-0.3, -0.25) is 4.98 Å². The molecule has 9 rings (SSSR count). The maximum absolute atomic E-state index is 5.02. The van der Waals surface area contributed by atoms with Crippen LogP contribution in [0.25, 0.3) is 83.4 Å². The van der Waals surface area contributed by atoms with E-state index in [4.69, 9.17) is 9.97 Å². The van der Waals surface area contributed by atoms with Crippen molar-refractivity contribution in [2.75, 3.05) is 0 Å². The number of nitrogens with zero attached hydrogens (tertiary/aromatic N) is 4. The molecule has 0 N–H and O–H groups in total. The first-order valence-corrected chi connectivity index (χ1v) is 15.9. The number of rotatable bonds is 5. The first-order valence-electron chi connectivity index (χ1n) is 15.9. The second-order valence-electron chi connectivity index (χ2n) is 12.0. The van der Waals surface area contributed by atoms with Crippen LogP contribution in [0.15, 0.2) is 164 Å². The Balaban J connectivity index is 1.24. The molecule has 0 unspecified atom stereocenters. The predicted octanol–water partition coefficient (Wildman–Crippen LogP) is 10.7. The van der Waals surface area contributed by atoms with Crippen LogP contribution < -0.4 is 0 Å². The minimum atomic E-state index is 0.942. The summed E-state index contributed by atoms with van der Waals surface area (Å²) in [5.74, 6) is 0.952. The van der Waals surface area contributed by atoms with E-state index in [2.05, 4.69) is 162 Å². The molecule has 0 aliphatic rings. The molecule has 0 atom stereocenters. The molecule has 3 heterocycles. The highest BCUT2D eigenvalue weighted by Crippen LogP contribution is 2.39. The molecule has 0 radical (unpaired) electrons. The lowest BCUT2D eigenvalue weighted by Crippen LogP contribution is -1.97. The molecular formula is C43H30N4. The Labute approximate surface area is 272 Å². The van der Waals surface area contributed by atoms with Crippen molar-refractivity contribution in [3.63, 3.8) is 0 Å². The molecule has 0 amide bonds. The molecule has 4 nitrogen and oxygen atoms in total. The number of aromatic nitrogens is 4. The number of hydrogen-bond donors (Lipinski definition) is 0. The molecule has 6 aromatic carbocycles. The van der Waals surface area contributed by atoms with Crippen LogP contribution in [0, 0.1) is 0 Å². The van der Waals surface area contributed by atoms with E-state index in [-0.39, 0.29) is 0 Å². The van der Waals surface area contributed by atoms with E-state index in [0.29, 0.717) is 0 Å². The average molecular weight is 603 g/mol. The maximum Gasteiger partial charge on any atom is 0.140 e. The summed E-state index contributed by atoms with van der Waals surface area (Å²) in [6.45, 7) is 0. The van der Waals surface area contributed by atoms with E-state index in [0.717, 1.165) is 61.5 Å². The van der Waals surface area contributed by atoms with Crippen LogP contribution in [0.4, 0.5) is 0 Å². The quantitative estimate of drug-likeness (QED) is 0.196. The summed E-state index contributed by atoms with van der Waals surface area (Å²) in [7, 11) is 2.09. The second kappa shape index (κ2) is 11.0. The fourth-order valence-corrected chi connectivity index (χ4v) is 6.92. The molecule has 0 saturated heterocycles. The standard InChI is InChI=1S/C43H30N4/c1-46-41-17-8-6-15-39(41)45-43(46)32-22-24-36-35-13-5-7-16-40(35)47(42(36)27-32)33-23-25-34(37(28-33)38-14-9-10-26-44-38)31-20-18-30(19-21-31)29-11-3-2-4-12-29/h2-28H,1H3. The van der Waals surface area contributed by atoms with Crippen molar-refractivity contribution in [1.82, 2.24) is 19.1 Å². The van der Waals surface area contributed by atoms with Gasteiger partial charge in [-0.05, 0) is 70.8 Å². The number of fused-ring (bicyclic) bond motifs is 4. The summed E-state index contributed by atoms with van der Waals surface area (Å²) in [5, 5.41) is 2.43. The van der Waals surface area contributed by atoms with Gasteiger partial charge in [0, 0.05) is 40.8 Å². The fourth-order valence-electron chi connectivity index (χ4n) is 6.92. The topological polar surface area (TPSA) is 35.6 Å². The molecule has 3 aromatic heterocycles. The van der Waals surface area contributed by atoms with Crippen molar-refractivity contribution in [1.29, 1.82) is 0 Å². The van der Waals surface area contributed by atoms with Crippen molar-refractivity contribution in [3.8, 4) is 50.6 Å². The summed E-state index contributed by atoms with van der Waals surface area (Å²) in [4.78, 5) is 9.83. The van der Waals surface area contributed by atoms with Crippen LogP contribution in [-0.2, 0) is 7.05 Å². The number of imidazole rings is 1. The zero-order valence-corrected chi connectivity index (χ0v) is 25.9. The van der Waals surface area contributed by atoms with Gasteiger partial charge in [0.25, 0.3) is 0 Å². The largest absolute Gasteiger partial charge is 0.327 e. The SMILES string of the molecule is Cn1c(-c2ccc3c4ccccc4n(-c4ccc(-c5ccc(-c6ccccc6)cc5)c(-c5ccccn5)c4)c3c2)nc2ccccc21. The Morgan fingerprint density at radius 1 is 0.468 bits per heavy atom. The van der Waals surface area contributed by atoms with Crippen LogP contribution in [0.3, 0.4) is 0 Å². The third-order valence-electron chi connectivity index (χ3n) is 9.22. The zero-order chi connectivity index (χ0) is 31.3. The third-order valence-corrected chi connectivity index (χ3v) is 9.22. The minimum Gasteiger partial charge on any atom is -0.327 e. The molecule has 0 aliphatic heterocycles. The van der Waals surface area contributed by atoms with Crippen LogP contribution in [-0.4, -0.2) is 19.1 Å². The molecule has 0 bridgehead atoms. The van der Waals surface area contributed by atoms with E-state index in [9.17, 15) is 0 Å². The molecule has 222 valence electrons. The normalized spacial score (nSPS) is 11.5. The highest BCUT2D eigenvalue weighted by atomic mass is 15.1. The van der Waals surface area contributed by atoms with Gasteiger partial charge in [0.05, 0.1) is 27.8 Å². The van der Waals surface area contributed by atoms with E-state index in [1.807, 2.05) is 18.3 Å². The van der Waals surface area contributed by atoms with E-state index in [1.165, 1.54) is 21.9 Å². The summed E-state index contributed by atoms with van der Waals surface area (Å²) in [5.41, 5.74) is 13.3. The van der Waals surface area contributed by atoms with Gasteiger partial charge in [-0.1, -0.05) is 109 Å². The molecule has 0 spiro atoms. The molecule has 9 aromatic rings. The molecule has 0 fully saturated rings. The fraction of sp³-hybridized carbons (Fsp3) is 0.0233. The van der Waals surface area contributed by atoms with Gasteiger partial charge >= 0.3 is 0 Å². The Bertz CT molecular complexity index is 2560. The number of aryl methyl sites for hydroxylation is 1. The lowest BCUT2D eigenvalue weighted by atomic mass is 9.94. The first-order chi connectivity index (χ1) is 23.2. The van der Waals surface area contributed by atoms with Crippen LogP contribution in [0.1, 0.15) is 0 Å². The summed E-state index contributed by atoms with van der Waals surface area (Å²) in [6.07, 6.45) is 1.87. The van der Waals surface area contributed by atoms with Crippen molar-refractivity contribution >= 4 is 32.8 Å². The molecule has 4 heteroatoms. The van der Waals surface area contributed by atoms with Crippen LogP contribution in [0.2, 0.25) is 0 Å². The van der Waals surface area contributed by atoms with E-state index >= 15 is 0 Å². The van der Waals surface area contributed by atoms with Gasteiger partial charge in [0.2, 0.25) is 0 Å². The van der Waals surface area contributed by atoms with Crippen LogP contribution >= 0.6 is 0 Å². The lowest BCUT2D eigenvalue weighted by Gasteiger charge is -2.15. The smallest absolute Gasteiger partial charge is 0.140 e. The molecule has 0 saturated carbocycles. The Hall–Kier alpha value is -6.26. The van der Waals surface area contributed by atoms with Gasteiger partial charge in [-0.15, -0.1) is 0 Å². The number of para-hydroxylation sites is 3. The first kappa shape index (κ1) is 27.1. The zero-order valence-electron chi connectivity index (χ0n) is 25.9. The Morgan fingerprint density at radius 2 is 1.15 bits per heavy atom. The van der Waals surface area contributed by atoms with Gasteiger partial charge in [0.15, 0.2) is 0 Å². The van der Waals surface area contributed by atoms with Crippen molar-refractivity contribution in [2.24, 2.45) is 7.05 Å². The number of benzene rings is 6. The maximum atomic E-state index is 5.02. The van der Waals surface area contributed by atoms with Gasteiger partial charge in [-0.25, -0.2) is 4.98 Å². The summed E-state index contributed by atoms with van der Waals surface area (Å²) >= 11 is 0. The Morgan fingerprint density at radius 3 is 1.96 bits per heavy atom. The van der Waals surface area contributed by atoms with Crippen molar-refractivity contribution in [2.45, 2.75) is 0 Å². The lowest BCUT2D eigenvalue weighted by molar-refractivity contribution is 0.959. The highest BCUT2D eigenvalue weighted by molar-refractivity contribution is 6.10. The highest BCUT2D eigenvalue weighted by Gasteiger charge is 2.18. The molecular weight excluding hydrogens is 573 g/mol. The monoisotopic (exact) mass is 602 g/mol. The minimum absolute atomic E-state index is 0.942. The van der Waals surface area contributed by atoms with E-state index in [1.54, 1.807) is 0 Å².